The lowest BCUT2D eigenvalue weighted by Gasteiger charge is -2.24. The van der Waals surface area contributed by atoms with E-state index in [1.165, 1.54) is 5.56 Å². The van der Waals surface area contributed by atoms with E-state index in [2.05, 4.69) is 22.4 Å². The zero-order valence-electron chi connectivity index (χ0n) is 19.4. The standard InChI is InChI=1S/C26H28N4O4/c1-18-24(19(2)34-28-18)17-33-23-5-3-4-22(13-23)26(31)30-10-11-32-16-21(15-30)12-20-6-7-25-27-8-9-29(25)14-20/h3-9,13-14,21H,10-12,15-17H2,1-2H3. The van der Waals surface area contributed by atoms with Crippen molar-refractivity contribution in [3.63, 3.8) is 0 Å². The fourth-order valence-corrected chi connectivity index (χ4v) is 4.37. The number of aromatic nitrogens is 3. The molecule has 1 atom stereocenters. The molecule has 8 nitrogen and oxygen atoms in total. The Labute approximate surface area is 198 Å². The van der Waals surface area contributed by atoms with E-state index in [4.69, 9.17) is 14.0 Å². The first-order valence-corrected chi connectivity index (χ1v) is 11.5. The Morgan fingerprint density at radius 1 is 1.24 bits per heavy atom. The highest BCUT2D eigenvalue weighted by Gasteiger charge is 2.24. The van der Waals surface area contributed by atoms with Gasteiger partial charge in [0.2, 0.25) is 0 Å². The van der Waals surface area contributed by atoms with Crippen LogP contribution in [0.2, 0.25) is 0 Å². The summed E-state index contributed by atoms with van der Waals surface area (Å²) in [4.78, 5) is 19.6. The Balaban J connectivity index is 1.26. The van der Waals surface area contributed by atoms with Crippen molar-refractivity contribution < 1.29 is 18.8 Å². The van der Waals surface area contributed by atoms with Crippen molar-refractivity contribution in [2.75, 3.05) is 26.3 Å². The third-order valence-electron chi connectivity index (χ3n) is 6.24. The molecule has 4 heterocycles. The molecular weight excluding hydrogens is 432 g/mol. The molecule has 0 saturated carbocycles. The second kappa shape index (κ2) is 9.69. The van der Waals surface area contributed by atoms with Gasteiger partial charge in [-0.3, -0.25) is 4.79 Å². The molecule has 1 fully saturated rings. The molecule has 5 rings (SSSR count). The van der Waals surface area contributed by atoms with E-state index in [0.29, 0.717) is 44.2 Å². The lowest BCUT2D eigenvalue weighted by molar-refractivity contribution is 0.0737. The Bertz CT molecular complexity index is 1280. The fourth-order valence-electron chi connectivity index (χ4n) is 4.37. The Kier molecular flexibility index (Phi) is 6.31. The summed E-state index contributed by atoms with van der Waals surface area (Å²) in [5.74, 6) is 1.59. The summed E-state index contributed by atoms with van der Waals surface area (Å²) in [5, 5.41) is 3.96. The molecule has 1 aliphatic rings. The molecule has 4 aromatic rings. The van der Waals surface area contributed by atoms with Crippen LogP contribution in [0.1, 0.15) is 32.9 Å². The molecule has 3 aromatic heterocycles. The highest BCUT2D eigenvalue weighted by atomic mass is 16.5. The zero-order valence-corrected chi connectivity index (χ0v) is 19.4. The van der Waals surface area contributed by atoms with Crippen LogP contribution in [-0.4, -0.2) is 51.7 Å². The number of fused-ring (bicyclic) bond motifs is 1. The number of benzene rings is 1. The summed E-state index contributed by atoms with van der Waals surface area (Å²) < 4.78 is 19.0. The summed E-state index contributed by atoms with van der Waals surface area (Å²) in [7, 11) is 0. The minimum atomic E-state index is -0.0108. The first-order valence-electron chi connectivity index (χ1n) is 11.5. The van der Waals surface area contributed by atoms with Crippen molar-refractivity contribution in [2.45, 2.75) is 26.9 Å². The Morgan fingerprint density at radius 3 is 3.00 bits per heavy atom. The molecule has 1 saturated heterocycles. The van der Waals surface area contributed by atoms with E-state index in [0.717, 1.165) is 29.1 Å². The predicted molar refractivity (Wildman–Crippen MR) is 126 cm³/mol. The molecule has 176 valence electrons. The first-order chi connectivity index (χ1) is 16.6. The number of ether oxygens (including phenoxy) is 2. The average Bonchev–Trinajstić information content (AvgIpc) is 3.36. The third kappa shape index (κ3) is 4.82. The van der Waals surface area contributed by atoms with Crippen molar-refractivity contribution in [1.29, 1.82) is 0 Å². The van der Waals surface area contributed by atoms with Gasteiger partial charge in [-0.1, -0.05) is 17.3 Å². The van der Waals surface area contributed by atoms with Gasteiger partial charge in [0, 0.05) is 43.2 Å². The van der Waals surface area contributed by atoms with Crippen LogP contribution < -0.4 is 4.74 Å². The molecule has 34 heavy (non-hydrogen) atoms. The molecule has 0 N–H and O–H groups in total. The number of imidazole rings is 1. The van der Waals surface area contributed by atoms with Crippen LogP contribution in [0.15, 0.2) is 59.5 Å². The molecule has 1 unspecified atom stereocenters. The van der Waals surface area contributed by atoms with Crippen molar-refractivity contribution in [3.8, 4) is 5.75 Å². The normalized spacial score (nSPS) is 16.5. The second-order valence-corrected chi connectivity index (χ2v) is 8.75. The van der Waals surface area contributed by atoms with Crippen LogP contribution in [0.25, 0.3) is 5.65 Å². The number of rotatable bonds is 6. The summed E-state index contributed by atoms with van der Waals surface area (Å²) in [6, 6.07) is 11.5. The van der Waals surface area contributed by atoms with Gasteiger partial charge < -0.3 is 23.3 Å². The minimum Gasteiger partial charge on any atom is -0.489 e. The van der Waals surface area contributed by atoms with Crippen LogP contribution in [-0.2, 0) is 17.8 Å². The minimum absolute atomic E-state index is 0.0108. The van der Waals surface area contributed by atoms with Gasteiger partial charge in [-0.25, -0.2) is 4.98 Å². The van der Waals surface area contributed by atoms with Gasteiger partial charge in [-0.05, 0) is 50.1 Å². The van der Waals surface area contributed by atoms with E-state index in [1.54, 1.807) is 12.3 Å². The van der Waals surface area contributed by atoms with Crippen molar-refractivity contribution in [2.24, 2.45) is 5.92 Å². The van der Waals surface area contributed by atoms with Crippen molar-refractivity contribution in [1.82, 2.24) is 19.4 Å². The molecule has 0 bridgehead atoms. The molecule has 1 amide bonds. The number of aryl methyl sites for hydroxylation is 2. The monoisotopic (exact) mass is 460 g/mol. The summed E-state index contributed by atoms with van der Waals surface area (Å²) in [6.07, 6.45) is 6.66. The largest absolute Gasteiger partial charge is 0.489 e. The number of pyridine rings is 1. The molecule has 0 spiro atoms. The second-order valence-electron chi connectivity index (χ2n) is 8.75. The first kappa shape index (κ1) is 22.2. The maximum absolute atomic E-state index is 13.4. The lowest BCUT2D eigenvalue weighted by atomic mass is 10.0. The topological polar surface area (TPSA) is 82.1 Å². The maximum Gasteiger partial charge on any atom is 0.254 e. The number of hydrogen-bond acceptors (Lipinski definition) is 6. The van der Waals surface area contributed by atoms with Gasteiger partial charge in [0.1, 0.15) is 23.8 Å². The van der Waals surface area contributed by atoms with E-state index in [9.17, 15) is 4.79 Å². The maximum atomic E-state index is 13.4. The lowest BCUT2D eigenvalue weighted by Crippen LogP contribution is -2.36. The van der Waals surface area contributed by atoms with Gasteiger partial charge in [0.05, 0.1) is 24.5 Å². The Morgan fingerprint density at radius 2 is 2.15 bits per heavy atom. The number of carbonyl (C=O) groups is 1. The van der Waals surface area contributed by atoms with Crippen LogP contribution in [0.3, 0.4) is 0 Å². The summed E-state index contributed by atoms with van der Waals surface area (Å²) >= 11 is 0. The van der Waals surface area contributed by atoms with Gasteiger partial charge >= 0.3 is 0 Å². The SMILES string of the molecule is Cc1noc(C)c1COc1cccc(C(=O)N2CCOCC(Cc3ccc4nccn4c3)C2)c1. The van der Waals surface area contributed by atoms with Crippen LogP contribution in [0.5, 0.6) is 5.75 Å². The Hall–Kier alpha value is -3.65. The highest BCUT2D eigenvalue weighted by Crippen LogP contribution is 2.21. The fraction of sp³-hybridized carbons (Fsp3) is 0.346. The highest BCUT2D eigenvalue weighted by molar-refractivity contribution is 5.94. The van der Waals surface area contributed by atoms with Crippen LogP contribution in [0.4, 0.5) is 0 Å². The molecule has 1 aliphatic heterocycles. The molecule has 8 heteroatoms. The number of amides is 1. The summed E-state index contributed by atoms with van der Waals surface area (Å²) in [6.45, 7) is 6.48. The molecule has 1 aromatic carbocycles. The quantitative estimate of drug-likeness (QED) is 0.435. The van der Waals surface area contributed by atoms with E-state index in [-0.39, 0.29) is 11.8 Å². The predicted octanol–water partition coefficient (Wildman–Crippen LogP) is 3.85. The van der Waals surface area contributed by atoms with E-state index < -0.39 is 0 Å². The molecule has 0 radical (unpaired) electrons. The van der Waals surface area contributed by atoms with Crippen molar-refractivity contribution in [3.05, 3.63) is 83.1 Å². The van der Waals surface area contributed by atoms with E-state index >= 15 is 0 Å². The van der Waals surface area contributed by atoms with Crippen LogP contribution in [0, 0.1) is 19.8 Å². The third-order valence-corrected chi connectivity index (χ3v) is 6.24. The van der Waals surface area contributed by atoms with Crippen molar-refractivity contribution >= 4 is 11.6 Å². The molecular formula is C26H28N4O4. The number of hydrogen-bond donors (Lipinski definition) is 0. The molecule has 0 aliphatic carbocycles. The van der Waals surface area contributed by atoms with Gasteiger partial charge in [-0.15, -0.1) is 0 Å². The number of carbonyl (C=O) groups excluding carboxylic acids is 1. The van der Waals surface area contributed by atoms with Gasteiger partial charge in [0.15, 0.2) is 0 Å². The zero-order chi connectivity index (χ0) is 23.5. The van der Waals surface area contributed by atoms with Crippen LogP contribution >= 0.6 is 0 Å². The number of nitrogens with zero attached hydrogens (tertiary/aromatic N) is 4. The van der Waals surface area contributed by atoms with Gasteiger partial charge in [-0.2, -0.15) is 0 Å². The average molecular weight is 461 g/mol. The van der Waals surface area contributed by atoms with Gasteiger partial charge in [0.25, 0.3) is 5.91 Å². The van der Waals surface area contributed by atoms with E-state index in [1.807, 2.05) is 53.6 Å². The smallest absolute Gasteiger partial charge is 0.254 e. The summed E-state index contributed by atoms with van der Waals surface area (Å²) in [5.41, 5.74) is 4.47.